The van der Waals surface area contributed by atoms with Crippen LogP contribution in [0.3, 0.4) is 0 Å². The summed E-state index contributed by atoms with van der Waals surface area (Å²) >= 11 is 1.52. The van der Waals surface area contributed by atoms with Crippen molar-refractivity contribution in [2.75, 3.05) is 10.0 Å². The Hall–Kier alpha value is -1.96. The molecule has 3 N–H and O–H groups in total. The molecule has 0 unspecified atom stereocenters. The number of hydrogen-bond acceptors (Lipinski definition) is 5. The molecule has 0 aliphatic carbocycles. The fourth-order valence-electron chi connectivity index (χ4n) is 2.77. The van der Waals surface area contributed by atoms with Gasteiger partial charge in [-0.1, -0.05) is 6.07 Å². The van der Waals surface area contributed by atoms with Crippen LogP contribution in [0.15, 0.2) is 35.2 Å². The maximum absolute atomic E-state index is 11.2. The summed E-state index contributed by atoms with van der Waals surface area (Å²) < 4.78 is 8.53. The van der Waals surface area contributed by atoms with Crippen molar-refractivity contribution in [1.29, 1.82) is 0 Å². The first kappa shape index (κ1) is 16.9. The van der Waals surface area contributed by atoms with Crippen molar-refractivity contribution in [3.8, 4) is 0 Å². The van der Waals surface area contributed by atoms with Gasteiger partial charge in [-0.25, -0.2) is 0 Å². The molecule has 5 nitrogen and oxygen atoms in total. The molecule has 7 heteroatoms. The molecule has 0 radical (unpaired) electrons. The van der Waals surface area contributed by atoms with Crippen molar-refractivity contribution in [2.24, 2.45) is 0 Å². The third kappa shape index (κ3) is 3.58. The number of benzene rings is 2. The lowest BCUT2D eigenvalue weighted by Crippen LogP contribution is -2.28. The second kappa shape index (κ2) is 6.89. The van der Waals surface area contributed by atoms with E-state index in [0.29, 0.717) is 6.61 Å². The number of carbonyl (C=O) groups excluding carboxylic acids is 1. The normalized spacial score (nSPS) is 12.9. The van der Waals surface area contributed by atoms with Crippen LogP contribution in [0.2, 0.25) is 0 Å². The largest absolute Gasteiger partial charge is 0.491 e. The van der Waals surface area contributed by atoms with Crippen molar-refractivity contribution in [3.05, 3.63) is 47.0 Å². The zero-order valence-corrected chi connectivity index (χ0v) is 14.7. The minimum atomic E-state index is -0.841. The molecule has 0 atom stereocenters. The number of carbonyl (C=O) groups is 1. The lowest BCUT2D eigenvalue weighted by Gasteiger charge is -2.14. The summed E-state index contributed by atoms with van der Waals surface area (Å²) in [6, 6.07) is 9.77. The molecule has 1 aliphatic rings. The molecule has 1 amide bonds. The second-order valence-electron chi connectivity index (χ2n) is 5.90. The van der Waals surface area contributed by atoms with Crippen LogP contribution in [0, 0.1) is 13.8 Å². The third-order valence-corrected chi connectivity index (χ3v) is 5.05. The van der Waals surface area contributed by atoms with Gasteiger partial charge in [-0.2, -0.15) is 0 Å². The van der Waals surface area contributed by atoms with E-state index in [1.165, 1.54) is 18.9 Å². The fourth-order valence-corrected chi connectivity index (χ4v) is 3.56. The van der Waals surface area contributed by atoms with E-state index in [1.807, 2.05) is 44.2 Å². The van der Waals surface area contributed by atoms with Crippen molar-refractivity contribution in [2.45, 2.75) is 32.3 Å². The first-order valence-corrected chi connectivity index (χ1v) is 8.50. The summed E-state index contributed by atoms with van der Waals surface area (Å²) in [5.41, 5.74) is 5.72. The molecular formula is C17H19BN2O3S. The minimum Gasteiger partial charge on any atom is -0.423 e. The van der Waals surface area contributed by atoms with Gasteiger partial charge in [0, 0.05) is 23.2 Å². The van der Waals surface area contributed by atoms with Gasteiger partial charge >= 0.3 is 7.12 Å². The third-order valence-electron chi connectivity index (χ3n) is 3.86. The van der Waals surface area contributed by atoms with Crippen molar-refractivity contribution < 1.29 is 14.5 Å². The van der Waals surface area contributed by atoms with Gasteiger partial charge in [0.1, 0.15) is 0 Å². The van der Waals surface area contributed by atoms with E-state index in [2.05, 4.69) is 10.0 Å². The Morgan fingerprint density at radius 3 is 2.58 bits per heavy atom. The maximum Gasteiger partial charge on any atom is 0.491 e. The van der Waals surface area contributed by atoms with Gasteiger partial charge in [0.05, 0.1) is 6.61 Å². The number of rotatable bonds is 4. The second-order valence-corrected chi connectivity index (χ2v) is 6.72. The van der Waals surface area contributed by atoms with E-state index in [0.717, 1.165) is 38.4 Å². The highest BCUT2D eigenvalue weighted by molar-refractivity contribution is 8.00. The smallest absolute Gasteiger partial charge is 0.423 e. The molecule has 2 aromatic carbocycles. The number of aryl methyl sites for hydroxylation is 2. The monoisotopic (exact) mass is 342 g/mol. The summed E-state index contributed by atoms with van der Waals surface area (Å²) in [5.74, 6) is -0.0776. The molecule has 24 heavy (non-hydrogen) atoms. The molecule has 1 heterocycles. The van der Waals surface area contributed by atoms with Crippen LogP contribution >= 0.6 is 11.9 Å². The van der Waals surface area contributed by atoms with Gasteiger partial charge in [-0.15, -0.1) is 0 Å². The van der Waals surface area contributed by atoms with E-state index in [4.69, 9.17) is 4.65 Å². The van der Waals surface area contributed by atoms with Crippen LogP contribution in [0.5, 0.6) is 0 Å². The molecule has 2 aromatic rings. The van der Waals surface area contributed by atoms with E-state index in [1.54, 1.807) is 0 Å². The van der Waals surface area contributed by atoms with Crippen LogP contribution in [-0.2, 0) is 16.1 Å². The molecule has 0 saturated heterocycles. The Kier molecular flexibility index (Phi) is 4.84. The summed E-state index contributed by atoms with van der Waals surface area (Å²) in [6.45, 7) is 5.98. The van der Waals surface area contributed by atoms with E-state index < -0.39 is 7.12 Å². The Balaban J connectivity index is 1.75. The number of anilines is 2. The Bertz CT molecular complexity index is 774. The predicted octanol–water partition coefficient (Wildman–Crippen LogP) is 2.60. The van der Waals surface area contributed by atoms with E-state index in [9.17, 15) is 9.82 Å². The van der Waals surface area contributed by atoms with Gasteiger partial charge in [-0.3, -0.25) is 4.79 Å². The maximum atomic E-state index is 11.2. The number of nitrogens with one attached hydrogen (secondary N) is 2. The summed E-state index contributed by atoms with van der Waals surface area (Å²) in [6.07, 6.45) is 0. The Morgan fingerprint density at radius 2 is 1.92 bits per heavy atom. The highest BCUT2D eigenvalue weighted by atomic mass is 32.2. The van der Waals surface area contributed by atoms with Crippen LogP contribution in [0.25, 0.3) is 0 Å². The zero-order chi connectivity index (χ0) is 17.3. The Morgan fingerprint density at radius 1 is 1.21 bits per heavy atom. The van der Waals surface area contributed by atoms with Crippen LogP contribution in [0.1, 0.15) is 23.6 Å². The highest BCUT2D eigenvalue weighted by Crippen LogP contribution is 2.30. The first-order chi connectivity index (χ1) is 11.4. The van der Waals surface area contributed by atoms with Gasteiger partial charge in [0.15, 0.2) is 0 Å². The highest BCUT2D eigenvalue weighted by Gasteiger charge is 2.27. The quantitative estimate of drug-likeness (QED) is 0.589. The fraction of sp³-hybridized carbons (Fsp3) is 0.235. The van der Waals surface area contributed by atoms with Crippen LogP contribution in [-0.4, -0.2) is 18.0 Å². The average molecular weight is 342 g/mol. The summed E-state index contributed by atoms with van der Waals surface area (Å²) in [5, 5.41) is 12.6. The van der Waals surface area contributed by atoms with E-state index >= 15 is 0 Å². The molecule has 1 aliphatic heterocycles. The van der Waals surface area contributed by atoms with Gasteiger partial charge in [0.25, 0.3) is 0 Å². The van der Waals surface area contributed by atoms with Crippen LogP contribution in [0.4, 0.5) is 11.4 Å². The van der Waals surface area contributed by atoms with Crippen molar-refractivity contribution in [3.63, 3.8) is 0 Å². The topological polar surface area (TPSA) is 70.6 Å². The standard InChI is InChI=1S/C17H19BN2O3S/c1-10-6-15(19-12(3)21)7-11(2)17(10)24-20-14-5-4-13-9-23-18(22)16(13)8-14/h4-8,20,22H,9H2,1-3H3,(H,19,21). The zero-order valence-electron chi connectivity index (χ0n) is 13.8. The van der Waals surface area contributed by atoms with Gasteiger partial charge in [-0.05, 0) is 72.2 Å². The minimum absolute atomic E-state index is 0.0776. The predicted molar refractivity (Wildman–Crippen MR) is 98.5 cm³/mol. The molecule has 0 aromatic heterocycles. The molecule has 0 saturated carbocycles. The van der Waals surface area contributed by atoms with Crippen molar-refractivity contribution in [1.82, 2.24) is 0 Å². The number of fused-ring (bicyclic) bond motifs is 1. The molecule has 0 fully saturated rings. The molecule has 0 bridgehead atoms. The molecular weight excluding hydrogens is 323 g/mol. The molecule has 3 rings (SSSR count). The lowest BCUT2D eigenvalue weighted by atomic mass is 9.79. The first-order valence-electron chi connectivity index (χ1n) is 7.68. The molecule has 124 valence electrons. The van der Waals surface area contributed by atoms with Crippen molar-refractivity contribution >= 4 is 41.8 Å². The SMILES string of the molecule is CC(=O)Nc1cc(C)c(SNc2ccc3c(c2)B(O)OC3)c(C)c1. The number of amides is 1. The van der Waals surface area contributed by atoms with Gasteiger partial charge in [0.2, 0.25) is 5.91 Å². The lowest BCUT2D eigenvalue weighted by molar-refractivity contribution is -0.114. The summed E-state index contributed by atoms with van der Waals surface area (Å²) in [7, 11) is -0.841. The average Bonchev–Trinajstić information content (AvgIpc) is 2.87. The van der Waals surface area contributed by atoms with Crippen LogP contribution < -0.4 is 15.5 Å². The van der Waals surface area contributed by atoms with Gasteiger partial charge < -0.3 is 19.7 Å². The Labute approximate surface area is 146 Å². The number of hydrogen-bond donors (Lipinski definition) is 3. The summed E-state index contributed by atoms with van der Waals surface area (Å²) in [4.78, 5) is 12.3. The van der Waals surface area contributed by atoms with E-state index in [-0.39, 0.29) is 5.91 Å². The molecule has 0 spiro atoms.